The number of hydrogen-bond donors (Lipinski definition) is 0. The van der Waals surface area contributed by atoms with Crippen molar-refractivity contribution in [1.29, 1.82) is 0 Å². The van der Waals surface area contributed by atoms with Crippen LogP contribution in [-0.2, 0) is 10.0 Å². The molecule has 0 aliphatic rings. The van der Waals surface area contributed by atoms with E-state index in [1.165, 1.54) is 25.6 Å². The van der Waals surface area contributed by atoms with Gasteiger partial charge in [0.15, 0.2) is 17.2 Å². The number of aromatic nitrogens is 2. The quantitative estimate of drug-likeness (QED) is 0.409. The van der Waals surface area contributed by atoms with Crippen LogP contribution in [0, 0.1) is 12.7 Å². The van der Waals surface area contributed by atoms with E-state index in [0.717, 1.165) is 9.54 Å². The second kappa shape index (κ2) is 7.27. The first kappa shape index (κ1) is 19.6. The number of rotatable bonds is 4. The highest BCUT2D eigenvalue weighted by Crippen LogP contribution is 2.39. The number of halogens is 2. The molecule has 0 aliphatic heterocycles. The normalized spacial score (nSPS) is 11.7. The Kier molecular flexibility index (Phi) is 4.92. The molecule has 4 rings (SSSR count). The highest BCUT2D eigenvalue weighted by atomic mass is 79.9. The zero-order valence-electron chi connectivity index (χ0n) is 15.6. The molecule has 0 atom stereocenters. The Hall–Kier alpha value is -2.71. The molecular formula is C21H16BrFN2O3S. The molecule has 5 nitrogen and oxygen atoms in total. The zero-order valence-corrected chi connectivity index (χ0v) is 18.0. The Morgan fingerprint density at radius 3 is 2.52 bits per heavy atom. The van der Waals surface area contributed by atoms with E-state index in [0.29, 0.717) is 21.0 Å². The van der Waals surface area contributed by atoms with Crippen molar-refractivity contribution in [2.45, 2.75) is 11.8 Å². The third kappa shape index (κ3) is 3.32. The SMILES string of the molecule is COc1c(F)cccc1-c1cn(S(=O)(=O)c2ccc(C)cc2)c2ncc(Br)cc12. The first-order chi connectivity index (χ1) is 13.8. The fourth-order valence-electron chi connectivity index (χ4n) is 3.20. The van der Waals surface area contributed by atoms with Gasteiger partial charge in [0.25, 0.3) is 10.0 Å². The van der Waals surface area contributed by atoms with Gasteiger partial charge in [0.05, 0.1) is 12.0 Å². The molecule has 4 aromatic rings. The van der Waals surface area contributed by atoms with Crippen LogP contribution < -0.4 is 4.74 Å². The molecule has 0 aliphatic carbocycles. The first-order valence-corrected chi connectivity index (χ1v) is 10.9. The molecule has 0 saturated heterocycles. The second-order valence-corrected chi connectivity index (χ2v) is 9.23. The van der Waals surface area contributed by atoms with E-state index in [2.05, 4.69) is 20.9 Å². The number of benzene rings is 2. The number of pyridine rings is 1. The van der Waals surface area contributed by atoms with E-state index in [1.807, 2.05) is 6.92 Å². The summed E-state index contributed by atoms with van der Waals surface area (Å²) < 4.78 is 47.9. The summed E-state index contributed by atoms with van der Waals surface area (Å²) >= 11 is 3.38. The monoisotopic (exact) mass is 474 g/mol. The Labute approximate surface area is 176 Å². The summed E-state index contributed by atoms with van der Waals surface area (Å²) in [6, 6.07) is 12.9. The van der Waals surface area contributed by atoms with Gasteiger partial charge in [-0.2, -0.15) is 0 Å². The van der Waals surface area contributed by atoms with E-state index >= 15 is 0 Å². The molecule has 2 aromatic carbocycles. The number of nitrogens with zero attached hydrogens (tertiary/aromatic N) is 2. The Morgan fingerprint density at radius 2 is 1.83 bits per heavy atom. The lowest BCUT2D eigenvalue weighted by Gasteiger charge is -2.08. The van der Waals surface area contributed by atoms with Gasteiger partial charge in [0.1, 0.15) is 0 Å². The number of para-hydroxylation sites is 1. The van der Waals surface area contributed by atoms with Crippen LogP contribution in [0.4, 0.5) is 4.39 Å². The number of methoxy groups -OCH3 is 1. The van der Waals surface area contributed by atoms with Crippen LogP contribution in [0.15, 0.2) is 70.3 Å². The molecule has 0 amide bonds. The predicted molar refractivity (Wildman–Crippen MR) is 113 cm³/mol. The molecular weight excluding hydrogens is 459 g/mol. The van der Waals surface area contributed by atoms with Crippen LogP contribution in [-0.4, -0.2) is 24.5 Å². The van der Waals surface area contributed by atoms with E-state index < -0.39 is 15.8 Å². The van der Waals surface area contributed by atoms with E-state index in [-0.39, 0.29) is 16.3 Å². The molecule has 0 N–H and O–H groups in total. The van der Waals surface area contributed by atoms with E-state index in [9.17, 15) is 12.8 Å². The number of aryl methyl sites for hydroxylation is 1. The van der Waals surface area contributed by atoms with Gasteiger partial charge in [0.2, 0.25) is 0 Å². The summed E-state index contributed by atoms with van der Waals surface area (Å²) in [6.45, 7) is 1.88. The zero-order chi connectivity index (χ0) is 20.8. The summed E-state index contributed by atoms with van der Waals surface area (Å²) in [7, 11) is -2.53. The van der Waals surface area contributed by atoms with Crippen LogP contribution in [0.1, 0.15) is 5.56 Å². The van der Waals surface area contributed by atoms with Gasteiger partial charge in [-0.3, -0.25) is 0 Å². The molecule has 0 fully saturated rings. The molecule has 29 heavy (non-hydrogen) atoms. The fourth-order valence-corrected chi connectivity index (χ4v) is 4.86. The van der Waals surface area contributed by atoms with Gasteiger partial charge in [0, 0.05) is 33.4 Å². The summed E-state index contributed by atoms with van der Waals surface area (Å²) in [4.78, 5) is 4.46. The van der Waals surface area contributed by atoms with Crippen molar-refractivity contribution in [3.05, 3.63) is 76.8 Å². The Bertz CT molecular complexity index is 1330. The number of hydrogen-bond acceptors (Lipinski definition) is 4. The van der Waals surface area contributed by atoms with Crippen molar-refractivity contribution in [3.63, 3.8) is 0 Å². The lowest BCUT2D eigenvalue weighted by Crippen LogP contribution is -2.12. The van der Waals surface area contributed by atoms with Gasteiger partial charge in [-0.25, -0.2) is 21.8 Å². The maximum atomic E-state index is 14.3. The molecule has 0 spiro atoms. The van der Waals surface area contributed by atoms with Crippen molar-refractivity contribution in [2.24, 2.45) is 0 Å². The molecule has 0 unspecified atom stereocenters. The van der Waals surface area contributed by atoms with Crippen molar-refractivity contribution < 1.29 is 17.5 Å². The number of fused-ring (bicyclic) bond motifs is 1. The summed E-state index contributed by atoms with van der Waals surface area (Å²) in [6.07, 6.45) is 2.98. The lowest BCUT2D eigenvalue weighted by molar-refractivity contribution is 0.388. The van der Waals surface area contributed by atoms with Gasteiger partial charge >= 0.3 is 0 Å². The average Bonchev–Trinajstić information content (AvgIpc) is 3.07. The van der Waals surface area contributed by atoms with Crippen LogP contribution >= 0.6 is 15.9 Å². The van der Waals surface area contributed by atoms with Crippen molar-refractivity contribution in [3.8, 4) is 16.9 Å². The highest BCUT2D eigenvalue weighted by Gasteiger charge is 2.24. The minimum absolute atomic E-state index is 0.0410. The van der Waals surface area contributed by atoms with Gasteiger partial charge < -0.3 is 4.74 Å². The Balaban J connectivity index is 2.04. The maximum Gasteiger partial charge on any atom is 0.269 e. The molecule has 2 aromatic heterocycles. The average molecular weight is 475 g/mol. The molecule has 0 bridgehead atoms. The van der Waals surface area contributed by atoms with Crippen LogP contribution in [0.2, 0.25) is 0 Å². The maximum absolute atomic E-state index is 14.3. The van der Waals surface area contributed by atoms with Gasteiger partial charge in [-0.05, 0) is 47.1 Å². The molecule has 148 valence electrons. The second-order valence-electron chi connectivity index (χ2n) is 6.50. The molecule has 0 saturated carbocycles. The van der Waals surface area contributed by atoms with Crippen LogP contribution in [0.5, 0.6) is 5.75 Å². The smallest absolute Gasteiger partial charge is 0.269 e. The van der Waals surface area contributed by atoms with E-state index in [4.69, 9.17) is 4.74 Å². The Morgan fingerprint density at radius 1 is 1.10 bits per heavy atom. The summed E-state index contributed by atoms with van der Waals surface area (Å²) in [5.41, 5.74) is 2.14. The third-order valence-corrected chi connectivity index (χ3v) is 6.72. The van der Waals surface area contributed by atoms with Crippen LogP contribution in [0.3, 0.4) is 0 Å². The first-order valence-electron chi connectivity index (χ1n) is 8.64. The topological polar surface area (TPSA) is 61.2 Å². The predicted octanol–water partition coefficient (Wildman–Crippen LogP) is 5.16. The highest BCUT2D eigenvalue weighted by molar-refractivity contribution is 9.10. The van der Waals surface area contributed by atoms with Crippen molar-refractivity contribution in [1.82, 2.24) is 8.96 Å². The molecule has 8 heteroatoms. The van der Waals surface area contributed by atoms with Crippen molar-refractivity contribution >= 4 is 37.0 Å². The largest absolute Gasteiger partial charge is 0.493 e. The lowest BCUT2D eigenvalue weighted by atomic mass is 10.0. The van der Waals surface area contributed by atoms with Gasteiger partial charge in [-0.15, -0.1) is 0 Å². The summed E-state index contributed by atoms with van der Waals surface area (Å²) in [5.74, 6) is -0.491. The standard InChI is InChI=1S/C21H16BrFN2O3S/c1-13-6-8-15(9-7-13)29(26,27)25-12-18(17-10-14(22)11-24-21(17)25)16-4-3-5-19(23)20(16)28-2/h3-12H,1-2H3. The van der Waals surface area contributed by atoms with Crippen molar-refractivity contribution in [2.75, 3.05) is 7.11 Å². The third-order valence-electron chi connectivity index (χ3n) is 4.62. The minimum atomic E-state index is -3.91. The molecule has 2 heterocycles. The van der Waals surface area contributed by atoms with Crippen LogP contribution in [0.25, 0.3) is 22.2 Å². The number of ether oxygens (including phenoxy) is 1. The van der Waals surface area contributed by atoms with Gasteiger partial charge in [-0.1, -0.05) is 29.8 Å². The van der Waals surface area contributed by atoms with E-state index in [1.54, 1.807) is 42.5 Å². The summed E-state index contributed by atoms with van der Waals surface area (Å²) in [5, 5.41) is 0.555. The minimum Gasteiger partial charge on any atom is -0.493 e. The molecule has 0 radical (unpaired) electrons. The fraction of sp³-hybridized carbons (Fsp3) is 0.0952.